The monoisotopic (exact) mass is 514 g/mol. The summed E-state index contributed by atoms with van der Waals surface area (Å²) >= 11 is 0. The molecule has 1 atom stereocenters. The zero-order chi connectivity index (χ0) is 26.4. The number of pyridine rings is 1. The average molecular weight is 515 g/mol. The fourth-order valence-electron chi connectivity index (χ4n) is 4.49. The van der Waals surface area contributed by atoms with Crippen molar-refractivity contribution in [3.63, 3.8) is 0 Å². The van der Waals surface area contributed by atoms with Gasteiger partial charge in [-0.05, 0) is 54.6 Å². The fraction of sp³-hybridized carbons (Fsp3) is 0.344. The lowest BCUT2D eigenvalue weighted by Crippen LogP contribution is -2.23. The molecule has 0 aliphatic rings. The highest BCUT2D eigenvalue weighted by molar-refractivity contribution is 5.87. The van der Waals surface area contributed by atoms with E-state index in [1.165, 1.54) is 11.6 Å². The van der Waals surface area contributed by atoms with E-state index in [-0.39, 0.29) is 5.56 Å². The fourth-order valence-corrected chi connectivity index (χ4v) is 4.49. The van der Waals surface area contributed by atoms with E-state index >= 15 is 0 Å². The van der Waals surface area contributed by atoms with Crippen LogP contribution in [0, 0.1) is 0 Å². The lowest BCUT2D eigenvalue weighted by atomic mass is 10.0. The number of rotatable bonds is 16. The highest BCUT2D eigenvalue weighted by Crippen LogP contribution is 2.30. The number of hydrogen-bond donors (Lipinski definition) is 3. The molecule has 3 aromatic carbocycles. The number of unbranched alkanes of at least 4 members (excludes halogenated alkanes) is 3. The van der Waals surface area contributed by atoms with Gasteiger partial charge >= 0.3 is 0 Å². The number of benzene rings is 3. The third-order valence-electron chi connectivity index (χ3n) is 6.59. The van der Waals surface area contributed by atoms with E-state index in [9.17, 15) is 9.90 Å². The van der Waals surface area contributed by atoms with Crippen LogP contribution in [0.4, 0.5) is 0 Å². The summed E-state index contributed by atoms with van der Waals surface area (Å²) in [6, 6.07) is 27.2. The molecule has 38 heavy (non-hydrogen) atoms. The number of aromatic nitrogens is 1. The first-order valence-electron chi connectivity index (χ1n) is 13.5. The average Bonchev–Trinajstić information content (AvgIpc) is 2.95. The van der Waals surface area contributed by atoms with Gasteiger partial charge in [-0.1, -0.05) is 79.6 Å². The highest BCUT2D eigenvalue weighted by atomic mass is 16.5. The Morgan fingerprint density at radius 2 is 1.53 bits per heavy atom. The minimum absolute atomic E-state index is 0.201. The second-order valence-electron chi connectivity index (χ2n) is 9.52. The molecule has 0 amide bonds. The van der Waals surface area contributed by atoms with E-state index in [0.29, 0.717) is 24.4 Å². The summed E-state index contributed by atoms with van der Waals surface area (Å²) in [5.41, 5.74) is 3.53. The Kier molecular flexibility index (Phi) is 10.9. The number of aliphatic hydroxyl groups is 1. The first-order chi connectivity index (χ1) is 18.7. The largest absolute Gasteiger partial charge is 0.487 e. The van der Waals surface area contributed by atoms with Crippen LogP contribution in [0.5, 0.6) is 5.75 Å². The van der Waals surface area contributed by atoms with E-state index in [1.54, 1.807) is 6.07 Å². The van der Waals surface area contributed by atoms with Crippen LogP contribution in [0.15, 0.2) is 89.7 Å². The van der Waals surface area contributed by atoms with E-state index in [0.717, 1.165) is 68.4 Å². The number of hydrogen-bond acceptors (Lipinski definition) is 5. The zero-order valence-corrected chi connectivity index (χ0v) is 21.9. The third kappa shape index (κ3) is 8.55. The van der Waals surface area contributed by atoms with Crippen molar-refractivity contribution >= 4 is 10.9 Å². The van der Waals surface area contributed by atoms with Crippen LogP contribution in [-0.2, 0) is 17.8 Å². The van der Waals surface area contributed by atoms with Crippen molar-refractivity contribution in [3.8, 4) is 5.75 Å². The van der Waals surface area contributed by atoms with Crippen molar-refractivity contribution in [2.75, 3.05) is 26.3 Å². The summed E-state index contributed by atoms with van der Waals surface area (Å²) < 4.78 is 11.8. The van der Waals surface area contributed by atoms with Crippen LogP contribution in [-0.4, -0.2) is 36.4 Å². The van der Waals surface area contributed by atoms with Gasteiger partial charge in [0.25, 0.3) is 0 Å². The van der Waals surface area contributed by atoms with Gasteiger partial charge in [0.2, 0.25) is 5.56 Å². The molecular weight excluding hydrogens is 476 g/mol. The van der Waals surface area contributed by atoms with Crippen molar-refractivity contribution in [2.24, 2.45) is 0 Å². The molecule has 0 unspecified atom stereocenters. The molecule has 0 saturated heterocycles. The molecule has 1 aromatic heterocycles. The van der Waals surface area contributed by atoms with Crippen molar-refractivity contribution in [3.05, 3.63) is 112 Å². The summed E-state index contributed by atoms with van der Waals surface area (Å²) in [6.45, 7) is 3.27. The molecule has 0 fully saturated rings. The number of H-pyrrole nitrogens is 1. The maximum atomic E-state index is 12.0. The zero-order valence-electron chi connectivity index (χ0n) is 21.9. The Balaban J connectivity index is 1.16. The summed E-state index contributed by atoms with van der Waals surface area (Å²) in [6.07, 6.45) is 4.66. The van der Waals surface area contributed by atoms with Gasteiger partial charge in [-0.25, -0.2) is 0 Å². The predicted octanol–water partition coefficient (Wildman–Crippen LogP) is 5.55. The Hall–Kier alpha value is -3.45. The summed E-state index contributed by atoms with van der Waals surface area (Å²) in [5, 5.41) is 15.0. The van der Waals surface area contributed by atoms with Crippen molar-refractivity contribution < 1.29 is 14.6 Å². The van der Waals surface area contributed by atoms with Crippen LogP contribution < -0.4 is 15.6 Å². The first-order valence-corrected chi connectivity index (χ1v) is 13.5. The molecule has 0 aliphatic carbocycles. The molecule has 0 radical (unpaired) electrons. The SMILES string of the molecule is O=c1ccc2c([C@@H](O)CNCCCCCCOCCc3ccccc3)ccc(OCc3ccccc3)c2[nH]1. The molecular formula is C32H38N2O4. The molecule has 0 saturated carbocycles. The van der Waals surface area contributed by atoms with Crippen LogP contribution in [0.2, 0.25) is 0 Å². The maximum Gasteiger partial charge on any atom is 0.248 e. The lowest BCUT2D eigenvalue weighted by molar-refractivity contribution is 0.133. The number of aliphatic hydroxyl groups excluding tert-OH is 1. The molecule has 3 N–H and O–H groups in total. The summed E-state index contributed by atoms with van der Waals surface area (Å²) in [5.74, 6) is 0.592. The van der Waals surface area contributed by atoms with Crippen molar-refractivity contribution in [1.29, 1.82) is 0 Å². The molecule has 4 rings (SSSR count). The molecule has 0 aliphatic heterocycles. The summed E-state index contributed by atoms with van der Waals surface area (Å²) in [7, 11) is 0. The van der Waals surface area contributed by atoms with Crippen LogP contribution in [0.1, 0.15) is 48.5 Å². The Morgan fingerprint density at radius 1 is 0.789 bits per heavy atom. The molecule has 1 heterocycles. The van der Waals surface area contributed by atoms with Gasteiger partial charge in [0.15, 0.2) is 0 Å². The molecule has 4 aromatic rings. The smallest absolute Gasteiger partial charge is 0.248 e. The Bertz CT molecular complexity index is 1290. The molecule has 200 valence electrons. The molecule has 0 bridgehead atoms. The van der Waals surface area contributed by atoms with Crippen LogP contribution in [0.25, 0.3) is 10.9 Å². The normalized spacial score (nSPS) is 12.0. The Labute approximate surface area is 224 Å². The van der Waals surface area contributed by atoms with E-state index < -0.39 is 6.10 Å². The minimum Gasteiger partial charge on any atom is -0.487 e. The van der Waals surface area contributed by atoms with Gasteiger partial charge in [-0.3, -0.25) is 4.79 Å². The number of aromatic amines is 1. The second-order valence-corrected chi connectivity index (χ2v) is 9.52. The van der Waals surface area contributed by atoms with Gasteiger partial charge in [0.05, 0.1) is 18.2 Å². The van der Waals surface area contributed by atoms with Crippen molar-refractivity contribution in [2.45, 2.75) is 44.8 Å². The lowest BCUT2D eigenvalue weighted by Gasteiger charge is -2.17. The van der Waals surface area contributed by atoms with Crippen molar-refractivity contribution in [1.82, 2.24) is 10.3 Å². The minimum atomic E-state index is -0.690. The van der Waals surface area contributed by atoms with Gasteiger partial charge < -0.3 is 24.9 Å². The highest BCUT2D eigenvalue weighted by Gasteiger charge is 2.15. The second kappa shape index (κ2) is 15.1. The van der Waals surface area contributed by atoms with E-state index in [2.05, 4.69) is 34.6 Å². The topological polar surface area (TPSA) is 83.6 Å². The molecule has 6 heteroatoms. The third-order valence-corrected chi connectivity index (χ3v) is 6.59. The van der Waals surface area contributed by atoms with E-state index in [4.69, 9.17) is 9.47 Å². The van der Waals surface area contributed by atoms with Crippen LogP contribution >= 0.6 is 0 Å². The first kappa shape index (κ1) is 27.6. The van der Waals surface area contributed by atoms with Gasteiger partial charge in [0, 0.05) is 24.6 Å². The number of fused-ring (bicyclic) bond motifs is 1. The predicted molar refractivity (Wildman–Crippen MR) is 153 cm³/mol. The van der Waals surface area contributed by atoms with Gasteiger partial charge in [0.1, 0.15) is 12.4 Å². The maximum absolute atomic E-state index is 12.0. The standard InChI is InChI=1S/C32H38N2O4/c35-29(23-33-20-9-1-2-10-21-37-22-19-25-11-5-3-6-12-25)27-15-17-30(32-28(27)16-18-31(36)34-32)38-24-26-13-7-4-8-14-26/h3-8,11-18,29,33,35H,1-2,9-10,19-24H2,(H,34,36)/t29-/m0/s1. The number of nitrogens with one attached hydrogen (secondary N) is 2. The van der Waals surface area contributed by atoms with Gasteiger partial charge in [-0.15, -0.1) is 0 Å². The quantitative estimate of drug-likeness (QED) is 0.171. The van der Waals surface area contributed by atoms with E-state index in [1.807, 2.05) is 48.5 Å². The molecule has 0 spiro atoms. The molecule has 6 nitrogen and oxygen atoms in total. The van der Waals surface area contributed by atoms with Crippen LogP contribution in [0.3, 0.4) is 0 Å². The van der Waals surface area contributed by atoms with Gasteiger partial charge in [-0.2, -0.15) is 0 Å². The summed E-state index contributed by atoms with van der Waals surface area (Å²) in [4.78, 5) is 14.9. The Morgan fingerprint density at radius 3 is 2.32 bits per heavy atom. The number of ether oxygens (including phenoxy) is 2.